The third kappa shape index (κ3) is 4.26. The van der Waals surface area contributed by atoms with E-state index in [2.05, 4.69) is 137 Å². The SMILES string of the molecule is C=C/C(=C\CCC)C1(c2cccnc2)C(C)=C(/C=C\C)c2c(-c3ccc4c(C=C)c(C=C)c5ccccc5c4c3)cccc21. The first kappa shape index (κ1) is 29.1. The number of nitrogens with zero attached hydrogens (tertiary/aromatic N) is 1. The number of benzene rings is 4. The molecular formula is C43H39N. The summed E-state index contributed by atoms with van der Waals surface area (Å²) in [6.45, 7) is 19.3. The highest BCUT2D eigenvalue weighted by Crippen LogP contribution is 2.57. The summed E-state index contributed by atoms with van der Waals surface area (Å²) in [6, 6.07) is 26.5. The van der Waals surface area contributed by atoms with E-state index in [1.807, 2.05) is 30.6 Å². The van der Waals surface area contributed by atoms with Crippen molar-refractivity contribution in [3.8, 4) is 11.1 Å². The van der Waals surface area contributed by atoms with Crippen molar-refractivity contribution in [3.05, 3.63) is 168 Å². The molecule has 1 nitrogen and oxygen atoms in total. The number of hydrogen-bond acceptors (Lipinski definition) is 1. The summed E-state index contributed by atoms with van der Waals surface area (Å²) in [6.07, 6.45) is 18.7. The third-order valence-electron chi connectivity index (χ3n) is 9.26. The largest absolute Gasteiger partial charge is 0.264 e. The van der Waals surface area contributed by atoms with E-state index in [1.54, 1.807) is 0 Å². The molecule has 1 aliphatic carbocycles. The Labute approximate surface area is 262 Å². The molecule has 0 N–H and O–H groups in total. The van der Waals surface area contributed by atoms with Crippen molar-refractivity contribution in [2.24, 2.45) is 0 Å². The zero-order chi connectivity index (χ0) is 30.8. The van der Waals surface area contributed by atoms with E-state index in [0.29, 0.717) is 0 Å². The lowest BCUT2D eigenvalue weighted by Gasteiger charge is -2.35. The van der Waals surface area contributed by atoms with Crippen LogP contribution in [-0.2, 0) is 5.41 Å². The predicted molar refractivity (Wildman–Crippen MR) is 193 cm³/mol. The maximum atomic E-state index is 4.61. The molecule has 1 heterocycles. The average molecular weight is 570 g/mol. The fraction of sp³-hybridized carbons (Fsp3) is 0.140. The molecule has 0 radical (unpaired) electrons. The maximum Gasteiger partial charge on any atom is 0.0685 e. The highest BCUT2D eigenvalue weighted by molar-refractivity contribution is 6.15. The van der Waals surface area contributed by atoms with E-state index in [-0.39, 0.29) is 0 Å². The second-order valence-electron chi connectivity index (χ2n) is 11.5. The molecule has 1 atom stereocenters. The average Bonchev–Trinajstić information content (AvgIpc) is 3.32. The Hall–Kier alpha value is -5.01. The van der Waals surface area contributed by atoms with Gasteiger partial charge < -0.3 is 0 Å². The number of fused-ring (bicyclic) bond motifs is 4. The Balaban J connectivity index is 1.72. The van der Waals surface area contributed by atoms with Crippen LogP contribution >= 0.6 is 0 Å². The summed E-state index contributed by atoms with van der Waals surface area (Å²) in [5.74, 6) is 0. The maximum absolute atomic E-state index is 4.61. The summed E-state index contributed by atoms with van der Waals surface area (Å²) in [7, 11) is 0. The Morgan fingerprint density at radius 1 is 0.841 bits per heavy atom. The van der Waals surface area contributed by atoms with Crippen LogP contribution < -0.4 is 0 Å². The third-order valence-corrected chi connectivity index (χ3v) is 9.26. The molecule has 4 aromatic carbocycles. The summed E-state index contributed by atoms with van der Waals surface area (Å²) < 4.78 is 0. The van der Waals surface area contributed by atoms with Crippen molar-refractivity contribution in [2.75, 3.05) is 0 Å². The van der Waals surface area contributed by atoms with Crippen LogP contribution in [0.25, 0.3) is 50.4 Å². The lowest BCUT2D eigenvalue weighted by Crippen LogP contribution is -2.29. The van der Waals surface area contributed by atoms with Crippen LogP contribution in [0.15, 0.2) is 140 Å². The number of allylic oxidation sites excluding steroid dienone is 7. The summed E-state index contributed by atoms with van der Waals surface area (Å²) in [5.41, 5.74) is 11.6. The van der Waals surface area contributed by atoms with Crippen molar-refractivity contribution >= 4 is 39.3 Å². The zero-order valence-electron chi connectivity index (χ0n) is 26.0. The number of unbranched alkanes of at least 4 members (excludes halogenated alkanes) is 1. The lowest BCUT2D eigenvalue weighted by atomic mass is 9.66. The number of pyridine rings is 1. The molecule has 0 saturated heterocycles. The van der Waals surface area contributed by atoms with Crippen LogP contribution in [0, 0.1) is 0 Å². The van der Waals surface area contributed by atoms with Gasteiger partial charge in [0, 0.05) is 12.4 Å². The fourth-order valence-corrected chi connectivity index (χ4v) is 7.40. The first-order valence-corrected chi connectivity index (χ1v) is 15.5. The molecule has 0 amide bonds. The van der Waals surface area contributed by atoms with Gasteiger partial charge in [0.1, 0.15) is 0 Å². The van der Waals surface area contributed by atoms with Gasteiger partial charge in [0.2, 0.25) is 0 Å². The summed E-state index contributed by atoms with van der Waals surface area (Å²) in [5, 5.41) is 4.82. The Bertz CT molecular complexity index is 2030. The normalized spacial score (nSPS) is 16.6. The number of hydrogen-bond donors (Lipinski definition) is 0. The minimum atomic E-state index is -0.482. The summed E-state index contributed by atoms with van der Waals surface area (Å²) >= 11 is 0. The topological polar surface area (TPSA) is 12.9 Å². The molecule has 0 fully saturated rings. The van der Waals surface area contributed by atoms with Gasteiger partial charge in [-0.2, -0.15) is 0 Å². The van der Waals surface area contributed by atoms with Gasteiger partial charge in [-0.1, -0.05) is 130 Å². The molecule has 1 aliphatic rings. The minimum absolute atomic E-state index is 0.482. The quantitative estimate of drug-likeness (QED) is 0.127. The smallest absolute Gasteiger partial charge is 0.0685 e. The zero-order valence-corrected chi connectivity index (χ0v) is 26.0. The highest BCUT2D eigenvalue weighted by atomic mass is 14.6. The van der Waals surface area contributed by atoms with Crippen LogP contribution in [0.5, 0.6) is 0 Å². The first-order chi connectivity index (χ1) is 21.6. The van der Waals surface area contributed by atoms with E-state index < -0.39 is 5.41 Å². The minimum Gasteiger partial charge on any atom is -0.264 e. The van der Waals surface area contributed by atoms with Crippen molar-refractivity contribution in [1.82, 2.24) is 4.98 Å². The molecule has 0 spiro atoms. The van der Waals surface area contributed by atoms with Gasteiger partial charge in [-0.3, -0.25) is 4.98 Å². The van der Waals surface area contributed by atoms with Gasteiger partial charge in [0.25, 0.3) is 0 Å². The van der Waals surface area contributed by atoms with E-state index in [4.69, 9.17) is 0 Å². The molecule has 6 rings (SSSR count). The van der Waals surface area contributed by atoms with Gasteiger partial charge >= 0.3 is 0 Å². The second kappa shape index (κ2) is 11.9. The lowest BCUT2D eigenvalue weighted by molar-refractivity contribution is 0.729. The van der Waals surface area contributed by atoms with E-state index in [9.17, 15) is 0 Å². The highest BCUT2D eigenvalue weighted by Gasteiger charge is 2.46. The second-order valence-corrected chi connectivity index (χ2v) is 11.5. The van der Waals surface area contributed by atoms with Gasteiger partial charge in [-0.05, 0) is 110 Å². The van der Waals surface area contributed by atoms with Crippen LogP contribution in [0.2, 0.25) is 0 Å². The van der Waals surface area contributed by atoms with Crippen molar-refractivity contribution in [3.63, 3.8) is 0 Å². The molecule has 1 heteroatoms. The summed E-state index contributed by atoms with van der Waals surface area (Å²) in [4.78, 5) is 4.61. The molecule has 0 bridgehead atoms. The molecule has 1 aromatic heterocycles. The fourth-order valence-electron chi connectivity index (χ4n) is 7.40. The van der Waals surface area contributed by atoms with Crippen LogP contribution in [0.1, 0.15) is 61.4 Å². The predicted octanol–water partition coefficient (Wildman–Crippen LogP) is 11.9. The van der Waals surface area contributed by atoms with Gasteiger partial charge in [0.15, 0.2) is 0 Å². The monoisotopic (exact) mass is 569 g/mol. The molecule has 216 valence electrons. The van der Waals surface area contributed by atoms with Crippen LogP contribution in [0.3, 0.4) is 0 Å². The van der Waals surface area contributed by atoms with Crippen LogP contribution in [0.4, 0.5) is 0 Å². The standard InChI is InChI=1S/C43H39N/c1-7-12-18-31(9-3)43(32-19-16-26-44-28-32)29(6)35(17-8-2)42-36(22-15-23-41(42)43)30-24-25-39-34(11-5)33(10-4)37-20-13-14-21-38(37)40(39)27-30/h8-11,13-28H,3-5,7,12H2,1-2,6H3/b17-8-,31-18+. The first-order valence-electron chi connectivity index (χ1n) is 15.5. The van der Waals surface area contributed by atoms with Crippen molar-refractivity contribution in [2.45, 2.75) is 39.0 Å². The molecule has 44 heavy (non-hydrogen) atoms. The van der Waals surface area contributed by atoms with Crippen molar-refractivity contribution < 1.29 is 0 Å². The molecule has 0 saturated carbocycles. The van der Waals surface area contributed by atoms with Gasteiger partial charge in [-0.25, -0.2) is 0 Å². The number of rotatable bonds is 9. The molecule has 1 unspecified atom stereocenters. The molecule has 5 aromatic rings. The Kier molecular flexibility index (Phi) is 7.89. The van der Waals surface area contributed by atoms with E-state index >= 15 is 0 Å². The van der Waals surface area contributed by atoms with E-state index in [1.165, 1.54) is 60.5 Å². The Morgan fingerprint density at radius 2 is 1.59 bits per heavy atom. The van der Waals surface area contributed by atoms with Crippen molar-refractivity contribution in [1.29, 1.82) is 0 Å². The Morgan fingerprint density at radius 3 is 2.25 bits per heavy atom. The number of aromatic nitrogens is 1. The van der Waals surface area contributed by atoms with Gasteiger partial charge in [0.05, 0.1) is 5.41 Å². The molecular weight excluding hydrogens is 530 g/mol. The van der Waals surface area contributed by atoms with E-state index in [0.717, 1.165) is 29.5 Å². The van der Waals surface area contributed by atoms with Gasteiger partial charge in [-0.15, -0.1) is 0 Å². The van der Waals surface area contributed by atoms with Crippen LogP contribution in [-0.4, -0.2) is 4.98 Å². The molecule has 0 aliphatic heterocycles.